The molecule has 14 heavy (non-hydrogen) atoms. The summed E-state index contributed by atoms with van der Waals surface area (Å²) in [6, 6.07) is 1.07. The van der Waals surface area contributed by atoms with E-state index in [1.165, 1.54) is 6.07 Å². The fraction of sp³-hybridized carbons (Fsp3) is 0.375. The molecule has 2 N–H and O–H groups in total. The second-order valence-corrected chi connectivity index (χ2v) is 2.91. The van der Waals surface area contributed by atoms with Gasteiger partial charge in [0.25, 0.3) is 11.2 Å². The van der Waals surface area contributed by atoms with Crippen LogP contribution in [-0.2, 0) is 0 Å². The molecule has 1 heterocycles. The van der Waals surface area contributed by atoms with Crippen molar-refractivity contribution in [2.24, 2.45) is 0 Å². The average Bonchev–Trinajstić information content (AvgIpc) is 2.17. The minimum Gasteiger partial charge on any atom is -0.322 e. The van der Waals surface area contributed by atoms with Crippen LogP contribution >= 0.6 is 0 Å². The van der Waals surface area contributed by atoms with Gasteiger partial charge >= 0.3 is 0 Å². The smallest absolute Gasteiger partial charge is 0.285 e. The lowest BCUT2D eigenvalue weighted by Gasteiger charge is -2.08. The summed E-state index contributed by atoms with van der Waals surface area (Å²) in [5.74, 6) is 0. The van der Waals surface area contributed by atoms with Crippen LogP contribution in [0.4, 0.5) is 5.69 Å². The Balaban J connectivity index is 3.21. The predicted molar refractivity (Wildman–Crippen MR) is 51.2 cm³/mol. The third-order valence-corrected chi connectivity index (χ3v) is 2.03. The zero-order chi connectivity index (χ0) is 10.7. The van der Waals surface area contributed by atoms with Crippen molar-refractivity contribution in [2.45, 2.75) is 13.0 Å². The molecule has 0 aliphatic rings. The maximum atomic E-state index is 11.3. The third-order valence-electron chi connectivity index (χ3n) is 2.03. The van der Waals surface area contributed by atoms with Crippen LogP contribution in [0.1, 0.15) is 18.5 Å². The molecule has 0 aromatic carbocycles. The standard InChI is InChI=1S/C8H11N3O3/c1-5(9-2)7-3-6(11(13)14)4-10-8(7)12/h3-5,9H,1-2H3,(H,10,12)/t5-/m1/s1. The second kappa shape index (κ2) is 4.01. The lowest BCUT2D eigenvalue weighted by Crippen LogP contribution is -2.22. The van der Waals surface area contributed by atoms with Gasteiger partial charge in [0, 0.05) is 17.7 Å². The Labute approximate surface area is 80.1 Å². The van der Waals surface area contributed by atoms with Crippen molar-refractivity contribution in [3.63, 3.8) is 0 Å². The molecule has 1 aromatic heterocycles. The Morgan fingerprint density at radius 2 is 2.29 bits per heavy atom. The van der Waals surface area contributed by atoms with E-state index >= 15 is 0 Å². The van der Waals surface area contributed by atoms with Crippen LogP contribution in [0.5, 0.6) is 0 Å². The second-order valence-electron chi connectivity index (χ2n) is 2.91. The maximum Gasteiger partial charge on any atom is 0.285 e. The number of aromatic amines is 1. The molecule has 1 rings (SSSR count). The number of aromatic nitrogens is 1. The molecule has 1 aromatic rings. The molecule has 0 unspecified atom stereocenters. The SMILES string of the molecule is CN[C@H](C)c1cc([N+](=O)[O-])c[nH]c1=O. The van der Waals surface area contributed by atoms with E-state index in [4.69, 9.17) is 0 Å². The Hall–Kier alpha value is -1.69. The summed E-state index contributed by atoms with van der Waals surface area (Å²) in [5, 5.41) is 13.3. The summed E-state index contributed by atoms with van der Waals surface area (Å²) < 4.78 is 0. The van der Waals surface area contributed by atoms with Gasteiger partial charge in [-0.15, -0.1) is 0 Å². The third kappa shape index (κ3) is 1.97. The van der Waals surface area contributed by atoms with Gasteiger partial charge < -0.3 is 10.3 Å². The molecular formula is C8H11N3O3. The van der Waals surface area contributed by atoms with Crippen molar-refractivity contribution in [1.82, 2.24) is 10.3 Å². The molecule has 0 radical (unpaired) electrons. The van der Waals surface area contributed by atoms with Crippen molar-refractivity contribution in [3.05, 3.63) is 38.3 Å². The van der Waals surface area contributed by atoms with E-state index in [1.807, 2.05) is 0 Å². The highest BCUT2D eigenvalue weighted by Crippen LogP contribution is 2.13. The molecule has 0 aliphatic heterocycles. The number of nitrogens with zero attached hydrogens (tertiary/aromatic N) is 1. The van der Waals surface area contributed by atoms with E-state index in [1.54, 1.807) is 14.0 Å². The van der Waals surface area contributed by atoms with Crippen molar-refractivity contribution < 1.29 is 4.92 Å². The van der Waals surface area contributed by atoms with Crippen LogP contribution in [0.3, 0.4) is 0 Å². The Morgan fingerprint density at radius 1 is 1.64 bits per heavy atom. The lowest BCUT2D eigenvalue weighted by molar-refractivity contribution is -0.385. The molecular weight excluding hydrogens is 186 g/mol. The highest BCUT2D eigenvalue weighted by molar-refractivity contribution is 5.31. The van der Waals surface area contributed by atoms with Gasteiger partial charge in [-0.05, 0) is 14.0 Å². The van der Waals surface area contributed by atoms with Gasteiger partial charge in [0.1, 0.15) is 0 Å². The van der Waals surface area contributed by atoms with Gasteiger partial charge in [-0.3, -0.25) is 14.9 Å². The molecule has 6 heteroatoms. The normalized spacial score (nSPS) is 12.4. The van der Waals surface area contributed by atoms with Crippen LogP contribution in [0.15, 0.2) is 17.1 Å². The molecule has 0 saturated carbocycles. The number of nitro groups is 1. The van der Waals surface area contributed by atoms with Gasteiger partial charge in [-0.25, -0.2) is 0 Å². The monoisotopic (exact) mass is 197 g/mol. The first-order chi connectivity index (χ1) is 6.56. The zero-order valence-corrected chi connectivity index (χ0v) is 7.90. The van der Waals surface area contributed by atoms with Crippen molar-refractivity contribution in [3.8, 4) is 0 Å². The predicted octanol–water partition coefficient (Wildman–Crippen LogP) is 0.563. The fourth-order valence-electron chi connectivity index (χ4n) is 1.07. The van der Waals surface area contributed by atoms with Gasteiger partial charge in [-0.1, -0.05) is 0 Å². The summed E-state index contributed by atoms with van der Waals surface area (Å²) in [4.78, 5) is 23.5. The van der Waals surface area contributed by atoms with Crippen molar-refractivity contribution in [1.29, 1.82) is 0 Å². The average molecular weight is 197 g/mol. The molecule has 0 amide bonds. The number of hydrogen-bond donors (Lipinski definition) is 2. The first kappa shape index (κ1) is 10.4. The highest BCUT2D eigenvalue weighted by atomic mass is 16.6. The van der Waals surface area contributed by atoms with E-state index in [0.29, 0.717) is 5.56 Å². The molecule has 0 fully saturated rings. The quantitative estimate of drug-likeness (QED) is 0.547. The van der Waals surface area contributed by atoms with Gasteiger partial charge in [0.15, 0.2) is 0 Å². The Morgan fingerprint density at radius 3 is 2.79 bits per heavy atom. The number of pyridine rings is 1. The van der Waals surface area contributed by atoms with Gasteiger partial charge in [0.05, 0.1) is 11.1 Å². The molecule has 1 atom stereocenters. The molecule has 76 valence electrons. The van der Waals surface area contributed by atoms with Gasteiger partial charge in [-0.2, -0.15) is 0 Å². The molecule has 0 spiro atoms. The Kier molecular flexibility index (Phi) is 2.98. The number of H-pyrrole nitrogens is 1. The Bertz CT molecular complexity index is 399. The summed E-state index contributed by atoms with van der Waals surface area (Å²) >= 11 is 0. The van der Waals surface area contributed by atoms with E-state index in [9.17, 15) is 14.9 Å². The summed E-state index contributed by atoms with van der Waals surface area (Å²) in [6.45, 7) is 1.76. The zero-order valence-electron chi connectivity index (χ0n) is 7.90. The van der Waals surface area contributed by atoms with Crippen LogP contribution in [0, 0.1) is 10.1 Å². The minimum absolute atomic E-state index is 0.110. The summed E-state index contributed by atoms with van der Waals surface area (Å²) in [5.41, 5.74) is -0.0548. The number of nitrogens with one attached hydrogen (secondary N) is 2. The van der Waals surface area contributed by atoms with Crippen LogP contribution < -0.4 is 10.9 Å². The highest BCUT2D eigenvalue weighted by Gasteiger charge is 2.13. The number of rotatable bonds is 3. The topological polar surface area (TPSA) is 88.0 Å². The minimum atomic E-state index is -0.540. The van der Waals surface area contributed by atoms with E-state index in [2.05, 4.69) is 10.3 Å². The van der Waals surface area contributed by atoms with Crippen molar-refractivity contribution >= 4 is 5.69 Å². The molecule has 0 bridgehead atoms. The van der Waals surface area contributed by atoms with E-state index in [-0.39, 0.29) is 17.3 Å². The van der Waals surface area contributed by atoms with Crippen molar-refractivity contribution in [2.75, 3.05) is 7.05 Å². The molecule has 6 nitrogen and oxygen atoms in total. The fourth-order valence-corrected chi connectivity index (χ4v) is 1.07. The van der Waals surface area contributed by atoms with Crippen LogP contribution in [-0.4, -0.2) is 17.0 Å². The molecule has 0 saturated heterocycles. The lowest BCUT2D eigenvalue weighted by atomic mass is 10.1. The van der Waals surface area contributed by atoms with Crippen LogP contribution in [0.25, 0.3) is 0 Å². The van der Waals surface area contributed by atoms with E-state index in [0.717, 1.165) is 6.20 Å². The summed E-state index contributed by atoms with van der Waals surface area (Å²) in [6.07, 6.45) is 1.09. The van der Waals surface area contributed by atoms with Crippen LogP contribution in [0.2, 0.25) is 0 Å². The first-order valence-electron chi connectivity index (χ1n) is 4.10. The number of hydrogen-bond acceptors (Lipinski definition) is 4. The first-order valence-corrected chi connectivity index (χ1v) is 4.10. The largest absolute Gasteiger partial charge is 0.322 e. The summed E-state index contributed by atoms with van der Waals surface area (Å²) in [7, 11) is 1.68. The van der Waals surface area contributed by atoms with E-state index < -0.39 is 4.92 Å². The molecule has 0 aliphatic carbocycles. The maximum absolute atomic E-state index is 11.3. The van der Waals surface area contributed by atoms with Gasteiger partial charge in [0.2, 0.25) is 0 Å².